The van der Waals surface area contributed by atoms with Crippen LogP contribution in [0.2, 0.25) is 5.02 Å². The molecule has 1 rings (SSSR count). The number of benzene rings is 1. The summed E-state index contributed by atoms with van der Waals surface area (Å²) in [6.07, 6.45) is 0.845. The summed E-state index contributed by atoms with van der Waals surface area (Å²) in [6, 6.07) is 5.50. The van der Waals surface area contributed by atoms with Crippen LogP contribution in [0.3, 0.4) is 0 Å². The van der Waals surface area contributed by atoms with Gasteiger partial charge in [0.1, 0.15) is 0 Å². The quantitative estimate of drug-likeness (QED) is 0.825. The molecule has 1 aromatic rings. The van der Waals surface area contributed by atoms with Crippen molar-refractivity contribution in [2.24, 2.45) is 5.73 Å². The summed E-state index contributed by atoms with van der Waals surface area (Å²) in [5.74, 6) is -0.251. The van der Waals surface area contributed by atoms with Crippen molar-refractivity contribution in [1.29, 1.82) is 0 Å². The minimum absolute atomic E-state index is 0.229. The zero-order valence-corrected chi connectivity index (χ0v) is 10.3. The molecule has 0 bridgehead atoms. The van der Waals surface area contributed by atoms with Crippen LogP contribution in [-0.2, 0) is 9.53 Å². The number of methoxy groups -OCH3 is 1. The molecule has 0 aliphatic heterocycles. The first-order valence-corrected chi connectivity index (χ1v) is 5.51. The second-order valence-electron chi connectivity index (χ2n) is 3.75. The van der Waals surface area contributed by atoms with Gasteiger partial charge in [-0.15, -0.1) is 0 Å². The van der Waals surface area contributed by atoms with E-state index in [1.54, 1.807) is 0 Å². The number of ether oxygens (including phenoxy) is 1. The van der Waals surface area contributed by atoms with Gasteiger partial charge >= 0.3 is 5.97 Å². The van der Waals surface area contributed by atoms with E-state index in [0.29, 0.717) is 17.9 Å². The van der Waals surface area contributed by atoms with E-state index >= 15 is 0 Å². The molecular formula is C12H16ClNO2. The zero-order chi connectivity index (χ0) is 12.1. The van der Waals surface area contributed by atoms with Gasteiger partial charge in [-0.3, -0.25) is 4.79 Å². The van der Waals surface area contributed by atoms with E-state index in [1.165, 1.54) is 7.11 Å². The van der Waals surface area contributed by atoms with Crippen molar-refractivity contribution in [3.05, 3.63) is 34.3 Å². The van der Waals surface area contributed by atoms with Crippen molar-refractivity contribution in [3.8, 4) is 0 Å². The second kappa shape index (κ2) is 5.87. The number of carbonyl (C=O) groups is 1. The lowest BCUT2D eigenvalue weighted by molar-refractivity contribution is -0.140. The number of hydrogen-bond acceptors (Lipinski definition) is 3. The number of halogens is 1. The lowest BCUT2D eigenvalue weighted by Gasteiger charge is -2.13. The molecule has 0 spiro atoms. The number of esters is 1. The van der Waals surface area contributed by atoms with E-state index < -0.39 is 0 Å². The van der Waals surface area contributed by atoms with Crippen molar-refractivity contribution in [2.75, 3.05) is 7.11 Å². The number of carbonyl (C=O) groups excluding carboxylic acids is 1. The van der Waals surface area contributed by atoms with Crippen LogP contribution in [0.5, 0.6) is 0 Å². The molecule has 0 saturated heterocycles. The molecule has 0 aromatic heterocycles. The Balaban J connectivity index is 2.65. The first kappa shape index (κ1) is 13.0. The first-order valence-electron chi connectivity index (χ1n) is 5.13. The van der Waals surface area contributed by atoms with Gasteiger partial charge in [-0.25, -0.2) is 0 Å². The fraction of sp³-hybridized carbons (Fsp3) is 0.417. The van der Waals surface area contributed by atoms with E-state index in [2.05, 4.69) is 4.74 Å². The largest absolute Gasteiger partial charge is 0.469 e. The molecule has 1 aromatic carbocycles. The molecular weight excluding hydrogens is 226 g/mol. The molecule has 2 N–H and O–H groups in total. The van der Waals surface area contributed by atoms with Crippen molar-refractivity contribution in [3.63, 3.8) is 0 Å². The van der Waals surface area contributed by atoms with E-state index in [0.717, 1.165) is 11.1 Å². The summed E-state index contributed by atoms with van der Waals surface area (Å²) in [6.45, 7) is 1.97. The van der Waals surface area contributed by atoms with Crippen LogP contribution in [0.4, 0.5) is 0 Å². The third-order valence-electron chi connectivity index (χ3n) is 2.44. The van der Waals surface area contributed by atoms with Crippen LogP contribution in [0.25, 0.3) is 0 Å². The number of hydrogen-bond donors (Lipinski definition) is 1. The van der Waals surface area contributed by atoms with Gasteiger partial charge in [-0.1, -0.05) is 23.7 Å². The van der Waals surface area contributed by atoms with E-state index in [-0.39, 0.29) is 12.0 Å². The third kappa shape index (κ3) is 3.51. The normalized spacial score (nSPS) is 12.2. The van der Waals surface area contributed by atoms with Gasteiger partial charge in [-0.2, -0.15) is 0 Å². The molecule has 4 heteroatoms. The van der Waals surface area contributed by atoms with E-state index in [4.69, 9.17) is 17.3 Å². The van der Waals surface area contributed by atoms with Crippen LogP contribution in [0.15, 0.2) is 18.2 Å². The molecule has 0 heterocycles. The SMILES string of the molecule is COC(=O)CCC(N)c1ccc(C)cc1Cl. The first-order chi connectivity index (χ1) is 7.54. The van der Waals surface area contributed by atoms with Gasteiger partial charge in [0.2, 0.25) is 0 Å². The molecule has 0 aliphatic rings. The highest BCUT2D eigenvalue weighted by molar-refractivity contribution is 6.31. The van der Waals surface area contributed by atoms with Gasteiger partial charge in [0.25, 0.3) is 0 Å². The van der Waals surface area contributed by atoms with Gasteiger partial charge in [0.05, 0.1) is 7.11 Å². The molecule has 0 aliphatic carbocycles. The second-order valence-corrected chi connectivity index (χ2v) is 4.15. The Bertz CT molecular complexity index is 379. The minimum Gasteiger partial charge on any atom is -0.469 e. The van der Waals surface area contributed by atoms with Crippen LogP contribution in [0, 0.1) is 6.92 Å². The molecule has 0 fully saturated rings. The highest BCUT2D eigenvalue weighted by Crippen LogP contribution is 2.25. The van der Waals surface area contributed by atoms with Crippen LogP contribution in [-0.4, -0.2) is 13.1 Å². The maximum Gasteiger partial charge on any atom is 0.305 e. The van der Waals surface area contributed by atoms with Gasteiger partial charge in [-0.05, 0) is 30.5 Å². The Kier molecular flexibility index (Phi) is 4.77. The number of aryl methyl sites for hydroxylation is 1. The summed E-state index contributed by atoms with van der Waals surface area (Å²) in [5.41, 5.74) is 7.92. The molecule has 16 heavy (non-hydrogen) atoms. The van der Waals surface area contributed by atoms with Gasteiger partial charge in [0, 0.05) is 17.5 Å². The molecule has 0 radical (unpaired) electrons. The number of nitrogens with two attached hydrogens (primary N) is 1. The maximum absolute atomic E-state index is 11.0. The summed E-state index contributed by atoms with van der Waals surface area (Å²) in [4.78, 5) is 11.0. The van der Waals surface area contributed by atoms with Gasteiger partial charge < -0.3 is 10.5 Å². The standard InChI is InChI=1S/C12H16ClNO2/c1-8-3-4-9(10(13)7-8)11(14)5-6-12(15)16-2/h3-4,7,11H,5-6,14H2,1-2H3. The lowest BCUT2D eigenvalue weighted by atomic mass is 10.0. The van der Waals surface area contributed by atoms with Crippen LogP contribution < -0.4 is 5.73 Å². The van der Waals surface area contributed by atoms with Gasteiger partial charge in [0.15, 0.2) is 0 Å². The maximum atomic E-state index is 11.0. The average molecular weight is 242 g/mol. The molecule has 1 atom stereocenters. The molecule has 3 nitrogen and oxygen atoms in total. The van der Waals surface area contributed by atoms with Crippen LogP contribution in [0.1, 0.15) is 30.0 Å². The lowest BCUT2D eigenvalue weighted by Crippen LogP contribution is -2.13. The Labute approximate surface area is 101 Å². The molecule has 1 unspecified atom stereocenters. The summed E-state index contributed by atoms with van der Waals surface area (Å²) < 4.78 is 4.56. The smallest absolute Gasteiger partial charge is 0.305 e. The Morgan fingerprint density at radius 2 is 2.25 bits per heavy atom. The van der Waals surface area contributed by atoms with E-state index in [9.17, 15) is 4.79 Å². The monoisotopic (exact) mass is 241 g/mol. The van der Waals surface area contributed by atoms with Crippen molar-refractivity contribution < 1.29 is 9.53 Å². The zero-order valence-electron chi connectivity index (χ0n) is 9.50. The Morgan fingerprint density at radius 1 is 1.56 bits per heavy atom. The van der Waals surface area contributed by atoms with Crippen molar-refractivity contribution in [1.82, 2.24) is 0 Å². The minimum atomic E-state index is -0.251. The molecule has 0 saturated carbocycles. The highest BCUT2D eigenvalue weighted by Gasteiger charge is 2.12. The van der Waals surface area contributed by atoms with Crippen molar-refractivity contribution in [2.45, 2.75) is 25.8 Å². The predicted octanol–water partition coefficient (Wildman–Crippen LogP) is 2.60. The third-order valence-corrected chi connectivity index (χ3v) is 2.77. The van der Waals surface area contributed by atoms with Crippen molar-refractivity contribution >= 4 is 17.6 Å². The molecule has 0 amide bonds. The van der Waals surface area contributed by atoms with Crippen LogP contribution >= 0.6 is 11.6 Å². The topological polar surface area (TPSA) is 52.3 Å². The summed E-state index contributed by atoms with van der Waals surface area (Å²) in [7, 11) is 1.37. The Morgan fingerprint density at radius 3 is 2.81 bits per heavy atom. The summed E-state index contributed by atoms with van der Waals surface area (Å²) in [5, 5.41) is 0.650. The fourth-order valence-electron chi connectivity index (χ4n) is 1.46. The predicted molar refractivity (Wildman–Crippen MR) is 64.4 cm³/mol. The number of rotatable bonds is 4. The average Bonchev–Trinajstić information content (AvgIpc) is 2.25. The Hall–Kier alpha value is -1.06. The highest BCUT2D eigenvalue weighted by atomic mass is 35.5. The fourth-order valence-corrected chi connectivity index (χ4v) is 1.84. The van der Waals surface area contributed by atoms with E-state index in [1.807, 2.05) is 25.1 Å². The summed E-state index contributed by atoms with van der Waals surface area (Å²) >= 11 is 6.08. The molecule has 88 valence electrons.